The lowest BCUT2D eigenvalue weighted by Crippen LogP contribution is -2.59. The van der Waals surface area contributed by atoms with Crippen LogP contribution in [0.15, 0.2) is 16.4 Å². The highest BCUT2D eigenvalue weighted by Crippen LogP contribution is 2.55. The number of fused-ring (bicyclic) bond motifs is 1. The summed E-state index contributed by atoms with van der Waals surface area (Å²) in [5.74, 6) is 3.09. The lowest BCUT2D eigenvalue weighted by atomic mass is 9.53. The van der Waals surface area contributed by atoms with Gasteiger partial charge >= 0.3 is 0 Å². The summed E-state index contributed by atoms with van der Waals surface area (Å²) < 4.78 is 0. The van der Waals surface area contributed by atoms with Gasteiger partial charge in [0.2, 0.25) is 0 Å². The maximum Gasteiger partial charge on any atom is 0.0772 e. The molecule has 3 heteroatoms. The standard InChI is InChI=1S/C17H22N2S/c1-2-20-16-6-14(19-15(1)16)10-18-17-7-11-3-12(8-17)5-13(4-11)9-17/h1-2,11-13,18H,3-10H2. The molecule has 0 unspecified atom stereocenters. The van der Waals surface area contributed by atoms with E-state index in [1.54, 1.807) is 0 Å². The van der Waals surface area contributed by atoms with Gasteiger partial charge in [-0.25, -0.2) is 0 Å². The molecule has 5 aliphatic rings. The Balaban J connectivity index is 1.30. The Bertz CT molecular complexity index is 536. The third-order valence-corrected chi connectivity index (χ3v) is 6.98. The van der Waals surface area contributed by atoms with Crippen LogP contribution in [0.1, 0.15) is 43.4 Å². The van der Waals surface area contributed by atoms with E-state index in [4.69, 9.17) is 4.99 Å². The first-order chi connectivity index (χ1) is 9.78. The van der Waals surface area contributed by atoms with E-state index in [-0.39, 0.29) is 0 Å². The second-order valence-electron chi connectivity index (χ2n) is 7.64. The minimum Gasteiger partial charge on any atom is -0.306 e. The zero-order valence-electron chi connectivity index (χ0n) is 11.9. The highest BCUT2D eigenvalue weighted by atomic mass is 32.1. The van der Waals surface area contributed by atoms with Crippen LogP contribution in [0, 0.1) is 17.8 Å². The van der Waals surface area contributed by atoms with Gasteiger partial charge < -0.3 is 5.32 Å². The fourth-order valence-electron chi connectivity index (χ4n) is 5.68. The van der Waals surface area contributed by atoms with E-state index < -0.39 is 0 Å². The topological polar surface area (TPSA) is 24.4 Å². The van der Waals surface area contributed by atoms with Crippen molar-refractivity contribution in [2.45, 2.75) is 50.5 Å². The smallest absolute Gasteiger partial charge is 0.0772 e. The predicted molar refractivity (Wildman–Crippen MR) is 84.0 cm³/mol. The van der Waals surface area contributed by atoms with Crippen molar-refractivity contribution in [2.24, 2.45) is 22.7 Å². The van der Waals surface area contributed by atoms with E-state index in [0.29, 0.717) is 5.54 Å². The van der Waals surface area contributed by atoms with Crippen molar-refractivity contribution >= 4 is 22.7 Å². The summed E-state index contributed by atoms with van der Waals surface area (Å²) in [6, 6.07) is 2.16. The molecule has 0 spiro atoms. The first-order valence-corrected chi connectivity index (χ1v) is 9.04. The average molecular weight is 286 g/mol. The minimum absolute atomic E-state index is 0.479. The predicted octanol–water partition coefficient (Wildman–Crippen LogP) is 3.94. The summed E-state index contributed by atoms with van der Waals surface area (Å²) in [6.07, 6.45) is 9.99. The molecule has 4 fully saturated rings. The van der Waals surface area contributed by atoms with Crippen molar-refractivity contribution in [3.63, 3.8) is 0 Å². The molecule has 0 aromatic carbocycles. The number of nitrogens with zero attached hydrogens (tertiary/aromatic N) is 1. The molecular formula is C17H22N2S. The van der Waals surface area contributed by atoms with Crippen LogP contribution in [-0.4, -0.2) is 17.8 Å². The summed E-state index contributed by atoms with van der Waals surface area (Å²) in [6.45, 7) is 1.02. The summed E-state index contributed by atoms with van der Waals surface area (Å²) >= 11 is 1.86. The van der Waals surface area contributed by atoms with Gasteiger partial charge in [0.1, 0.15) is 0 Å². The molecule has 2 nitrogen and oxygen atoms in total. The molecule has 4 bridgehead atoms. The molecule has 4 saturated carbocycles. The summed E-state index contributed by atoms with van der Waals surface area (Å²) in [5.41, 5.74) is 3.08. The summed E-state index contributed by atoms with van der Waals surface area (Å²) in [4.78, 5) is 6.26. The Morgan fingerprint density at radius 2 is 1.85 bits per heavy atom. The van der Waals surface area contributed by atoms with Crippen LogP contribution >= 0.6 is 11.3 Å². The molecule has 1 N–H and O–H groups in total. The third kappa shape index (κ3) is 1.82. The van der Waals surface area contributed by atoms with Crippen molar-refractivity contribution in [1.82, 2.24) is 5.32 Å². The van der Waals surface area contributed by atoms with Crippen molar-refractivity contribution in [2.75, 3.05) is 6.54 Å². The fourth-order valence-corrected chi connectivity index (χ4v) is 6.53. The molecule has 4 aliphatic carbocycles. The molecule has 2 heterocycles. The maximum atomic E-state index is 4.79. The van der Waals surface area contributed by atoms with Gasteiger partial charge in [-0.05, 0) is 67.7 Å². The lowest BCUT2D eigenvalue weighted by Gasteiger charge is -2.57. The van der Waals surface area contributed by atoms with Crippen LogP contribution in [0.5, 0.6) is 0 Å². The molecule has 106 valence electrons. The largest absolute Gasteiger partial charge is 0.306 e. The van der Waals surface area contributed by atoms with E-state index >= 15 is 0 Å². The Kier molecular flexibility index (Phi) is 2.49. The van der Waals surface area contributed by atoms with Gasteiger partial charge in [-0.15, -0.1) is 11.3 Å². The fraction of sp³-hybridized carbons (Fsp3) is 0.706. The Labute approximate surface area is 124 Å². The van der Waals surface area contributed by atoms with Gasteiger partial charge in [-0.3, -0.25) is 4.99 Å². The molecule has 1 aromatic heterocycles. The van der Waals surface area contributed by atoms with Gasteiger partial charge in [0.25, 0.3) is 0 Å². The average Bonchev–Trinajstić information content (AvgIpc) is 2.95. The van der Waals surface area contributed by atoms with Crippen LogP contribution in [0.4, 0.5) is 5.69 Å². The molecule has 0 atom stereocenters. The normalized spacial score (nSPS) is 41.0. The number of nitrogens with one attached hydrogen (secondary N) is 1. The summed E-state index contributed by atoms with van der Waals surface area (Å²) in [7, 11) is 0. The van der Waals surface area contributed by atoms with Gasteiger partial charge in [0, 0.05) is 29.1 Å². The Hall–Kier alpha value is -0.670. The minimum atomic E-state index is 0.479. The van der Waals surface area contributed by atoms with Crippen molar-refractivity contribution in [3.05, 3.63) is 16.3 Å². The molecule has 0 amide bonds. The monoisotopic (exact) mass is 286 g/mol. The van der Waals surface area contributed by atoms with E-state index in [0.717, 1.165) is 30.7 Å². The van der Waals surface area contributed by atoms with Gasteiger partial charge in [-0.1, -0.05) is 0 Å². The molecule has 1 aliphatic heterocycles. The van der Waals surface area contributed by atoms with Crippen LogP contribution in [0.3, 0.4) is 0 Å². The SMILES string of the molecule is c1cc2c(s1)CC(CNC13CC4CC(CC(C4)C1)C3)=N2. The van der Waals surface area contributed by atoms with Crippen molar-refractivity contribution < 1.29 is 0 Å². The van der Waals surface area contributed by atoms with Crippen molar-refractivity contribution in [1.29, 1.82) is 0 Å². The van der Waals surface area contributed by atoms with Gasteiger partial charge in [0.15, 0.2) is 0 Å². The highest BCUT2D eigenvalue weighted by Gasteiger charge is 2.50. The zero-order chi connectivity index (χ0) is 13.2. The maximum absolute atomic E-state index is 4.79. The zero-order valence-corrected chi connectivity index (χ0v) is 12.7. The molecule has 1 aromatic rings. The molecule has 20 heavy (non-hydrogen) atoms. The first kappa shape index (κ1) is 11.9. The quantitative estimate of drug-likeness (QED) is 0.894. The molecular weight excluding hydrogens is 264 g/mol. The van der Waals surface area contributed by atoms with Crippen LogP contribution in [0.25, 0.3) is 0 Å². The highest BCUT2D eigenvalue weighted by molar-refractivity contribution is 7.10. The van der Waals surface area contributed by atoms with Crippen molar-refractivity contribution in [3.8, 4) is 0 Å². The molecule has 0 radical (unpaired) electrons. The number of rotatable bonds is 3. The number of aliphatic imine (C=N–C) groups is 1. The number of hydrogen-bond donors (Lipinski definition) is 1. The van der Waals surface area contributed by atoms with Gasteiger partial charge in [-0.2, -0.15) is 0 Å². The van der Waals surface area contributed by atoms with Crippen LogP contribution in [0.2, 0.25) is 0 Å². The number of thiophene rings is 1. The first-order valence-electron chi connectivity index (χ1n) is 8.16. The van der Waals surface area contributed by atoms with E-state index in [1.807, 2.05) is 11.3 Å². The van der Waals surface area contributed by atoms with E-state index in [9.17, 15) is 0 Å². The van der Waals surface area contributed by atoms with Crippen LogP contribution < -0.4 is 5.32 Å². The molecule has 0 saturated heterocycles. The second-order valence-corrected chi connectivity index (χ2v) is 8.64. The number of hydrogen-bond acceptors (Lipinski definition) is 3. The van der Waals surface area contributed by atoms with E-state index in [1.165, 1.54) is 54.8 Å². The summed E-state index contributed by atoms with van der Waals surface area (Å²) in [5, 5.41) is 6.13. The Morgan fingerprint density at radius 3 is 2.50 bits per heavy atom. The second kappa shape index (κ2) is 4.17. The third-order valence-electron chi connectivity index (χ3n) is 6.07. The van der Waals surface area contributed by atoms with Crippen LogP contribution in [-0.2, 0) is 6.42 Å². The Morgan fingerprint density at radius 1 is 1.15 bits per heavy atom. The van der Waals surface area contributed by atoms with Gasteiger partial charge in [0.05, 0.1) is 5.69 Å². The lowest BCUT2D eigenvalue weighted by molar-refractivity contribution is -0.0173. The van der Waals surface area contributed by atoms with E-state index in [2.05, 4.69) is 16.8 Å². The molecule has 6 rings (SSSR count).